The smallest absolute Gasteiger partial charge is 0.152 e. The first-order valence-corrected chi connectivity index (χ1v) is 7.33. The standard InChI is InChI=1S/C12H13ClN2S2/c1-7(2)16-12-15-10(11(14)17-12)8-5-3-4-6-9(8)13/h3-7H,14H2,1-2H3. The first-order chi connectivity index (χ1) is 8.08. The fourth-order valence-electron chi connectivity index (χ4n) is 1.41. The monoisotopic (exact) mass is 284 g/mol. The number of thiazole rings is 1. The minimum Gasteiger partial charge on any atom is -0.389 e. The fourth-order valence-corrected chi connectivity index (χ4v) is 3.80. The number of nitrogens with two attached hydrogens (primary N) is 1. The molecule has 0 spiro atoms. The molecule has 90 valence electrons. The average molecular weight is 285 g/mol. The Morgan fingerprint density at radius 1 is 1.35 bits per heavy atom. The number of rotatable bonds is 3. The van der Waals surface area contributed by atoms with Crippen molar-refractivity contribution < 1.29 is 0 Å². The summed E-state index contributed by atoms with van der Waals surface area (Å²) in [7, 11) is 0. The van der Waals surface area contributed by atoms with Crippen LogP contribution in [0.4, 0.5) is 5.00 Å². The molecule has 2 rings (SSSR count). The third-order valence-corrected chi connectivity index (χ3v) is 4.41. The number of hydrogen-bond donors (Lipinski definition) is 1. The second-order valence-corrected chi connectivity index (χ2v) is 7.10. The van der Waals surface area contributed by atoms with Crippen molar-refractivity contribution >= 4 is 39.7 Å². The molecule has 1 aromatic heterocycles. The lowest BCUT2D eigenvalue weighted by Gasteiger charge is -2.01. The Bertz CT molecular complexity index is 523. The van der Waals surface area contributed by atoms with Crippen molar-refractivity contribution in [3.8, 4) is 11.3 Å². The summed E-state index contributed by atoms with van der Waals surface area (Å²) >= 11 is 9.38. The van der Waals surface area contributed by atoms with E-state index in [4.69, 9.17) is 17.3 Å². The van der Waals surface area contributed by atoms with Gasteiger partial charge < -0.3 is 5.73 Å². The lowest BCUT2D eigenvalue weighted by molar-refractivity contribution is 1.10. The van der Waals surface area contributed by atoms with Gasteiger partial charge in [-0.1, -0.05) is 66.7 Å². The average Bonchev–Trinajstić information content (AvgIpc) is 2.59. The first-order valence-electron chi connectivity index (χ1n) is 5.25. The maximum absolute atomic E-state index is 6.15. The Morgan fingerprint density at radius 3 is 2.71 bits per heavy atom. The Hall–Kier alpha value is -0.710. The Balaban J connectivity index is 2.40. The van der Waals surface area contributed by atoms with Crippen LogP contribution in [-0.2, 0) is 0 Å². The number of thioether (sulfide) groups is 1. The van der Waals surface area contributed by atoms with Gasteiger partial charge in [0, 0.05) is 10.8 Å². The predicted molar refractivity (Wildman–Crippen MR) is 78.0 cm³/mol. The highest BCUT2D eigenvalue weighted by Gasteiger charge is 2.14. The van der Waals surface area contributed by atoms with E-state index in [0.717, 1.165) is 20.6 Å². The van der Waals surface area contributed by atoms with Crippen molar-refractivity contribution in [2.75, 3.05) is 5.73 Å². The van der Waals surface area contributed by atoms with E-state index in [1.54, 1.807) is 11.8 Å². The number of benzene rings is 1. The van der Waals surface area contributed by atoms with Gasteiger partial charge in [0.05, 0.1) is 5.02 Å². The number of anilines is 1. The van der Waals surface area contributed by atoms with E-state index in [1.165, 1.54) is 11.3 Å². The highest BCUT2D eigenvalue weighted by Crippen LogP contribution is 2.38. The van der Waals surface area contributed by atoms with E-state index in [1.807, 2.05) is 24.3 Å². The van der Waals surface area contributed by atoms with Crippen LogP contribution in [0.5, 0.6) is 0 Å². The molecule has 1 aromatic carbocycles. The van der Waals surface area contributed by atoms with Crippen LogP contribution in [0.25, 0.3) is 11.3 Å². The maximum Gasteiger partial charge on any atom is 0.152 e. The Kier molecular flexibility index (Phi) is 3.97. The Morgan fingerprint density at radius 2 is 2.06 bits per heavy atom. The van der Waals surface area contributed by atoms with Gasteiger partial charge in [-0.15, -0.1) is 0 Å². The molecule has 0 atom stereocenters. The zero-order chi connectivity index (χ0) is 12.4. The molecule has 0 unspecified atom stereocenters. The van der Waals surface area contributed by atoms with Crippen LogP contribution in [0.15, 0.2) is 28.6 Å². The minimum absolute atomic E-state index is 0.500. The molecule has 17 heavy (non-hydrogen) atoms. The summed E-state index contributed by atoms with van der Waals surface area (Å²) < 4.78 is 0.993. The molecule has 0 bridgehead atoms. The molecule has 0 saturated carbocycles. The maximum atomic E-state index is 6.15. The molecule has 0 amide bonds. The van der Waals surface area contributed by atoms with E-state index in [-0.39, 0.29) is 0 Å². The van der Waals surface area contributed by atoms with Gasteiger partial charge in [-0.25, -0.2) is 4.98 Å². The van der Waals surface area contributed by atoms with Crippen molar-refractivity contribution in [2.45, 2.75) is 23.4 Å². The topological polar surface area (TPSA) is 38.9 Å². The quantitative estimate of drug-likeness (QED) is 0.841. The molecule has 0 aliphatic heterocycles. The second kappa shape index (κ2) is 5.29. The molecule has 2 aromatic rings. The SMILES string of the molecule is CC(C)Sc1nc(-c2ccccc2Cl)c(N)s1. The predicted octanol–water partition coefficient (Wildman–Crippen LogP) is 4.55. The highest BCUT2D eigenvalue weighted by molar-refractivity contribution is 8.01. The van der Waals surface area contributed by atoms with Gasteiger partial charge in [0.1, 0.15) is 10.7 Å². The van der Waals surface area contributed by atoms with Crippen LogP contribution in [-0.4, -0.2) is 10.2 Å². The van der Waals surface area contributed by atoms with Gasteiger partial charge in [0.25, 0.3) is 0 Å². The van der Waals surface area contributed by atoms with E-state index in [2.05, 4.69) is 18.8 Å². The number of nitrogen functional groups attached to an aromatic ring is 1. The number of halogens is 1. The second-order valence-electron chi connectivity index (χ2n) is 3.84. The summed E-state index contributed by atoms with van der Waals surface area (Å²) in [5, 5.41) is 1.91. The van der Waals surface area contributed by atoms with Gasteiger partial charge in [0.15, 0.2) is 4.34 Å². The highest BCUT2D eigenvalue weighted by atomic mass is 35.5. The van der Waals surface area contributed by atoms with Gasteiger partial charge in [0.2, 0.25) is 0 Å². The summed E-state index contributed by atoms with van der Waals surface area (Å²) in [5.41, 5.74) is 7.70. The third-order valence-electron chi connectivity index (χ3n) is 2.10. The van der Waals surface area contributed by atoms with Crippen LogP contribution < -0.4 is 5.73 Å². The van der Waals surface area contributed by atoms with Crippen molar-refractivity contribution in [2.24, 2.45) is 0 Å². The molecule has 0 radical (unpaired) electrons. The molecule has 5 heteroatoms. The molecule has 0 fully saturated rings. The zero-order valence-corrected chi connectivity index (χ0v) is 12.0. The third kappa shape index (κ3) is 2.94. The van der Waals surface area contributed by atoms with Crippen molar-refractivity contribution in [3.63, 3.8) is 0 Å². The molecule has 0 aliphatic carbocycles. The molecule has 2 N–H and O–H groups in total. The summed E-state index contributed by atoms with van der Waals surface area (Å²) in [6, 6.07) is 7.63. The van der Waals surface area contributed by atoms with E-state index >= 15 is 0 Å². The number of aromatic nitrogens is 1. The van der Waals surface area contributed by atoms with Crippen molar-refractivity contribution in [1.82, 2.24) is 4.98 Å². The number of hydrogen-bond acceptors (Lipinski definition) is 4. The van der Waals surface area contributed by atoms with Crippen LogP contribution >= 0.6 is 34.7 Å². The number of nitrogens with zero attached hydrogens (tertiary/aromatic N) is 1. The van der Waals surface area contributed by atoms with Crippen LogP contribution in [0.3, 0.4) is 0 Å². The van der Waals surface area contributed by atoms with E-state index < -0.39 is 0 Å². The van der Waals surface area contributed by atoms with Gasteiger partial charge in [-0.05, 0) is 6.07 Å². The van der Waals surface area contributed by atoms with E-state index in [0.29, 0.717) is 10.3 Å². The van der Waals surface area contributed by atoms with Gasteiger partial charge in [-0.2, -0.15) is 0 Å². The summed E-state index contributed by atoms with van der Waals surface area (Å²) in [5.74, 6) is 0. The largest absolute Gasteiger partial charge is 0.389 e. The molecule has 0 saturated heterocycles. The van der Waals surface area contributed by atoms with Crippen LogP contribution in [0, 0.1) is 0 Å². The lowest BCUT2D eigenvalue weighted by Crippen LogP contribution is -1.87. The summed E-state index contributed by atoms with van der Waals surface area (Å²) in [6.45, 7) is 4.27. The minimum atomic E-state index is 0.500. The van der Waals surface area contributed by atoms with Gasteiger partial charge in [-0.3, -0.25) is 0 Å². The Labute approximate surface area is 114 Å². The van der Waals surface area contributed by atoms with Crippen LogP contribution in [0.2, 0.25) is 5.02 Å². The molecular formula is C12H13ClN2S2. The first kappa shape index (κ1) is 12.7. The molecule has 2 nitrogen and oxygen atoms in total. The van der Waals surface area contributed by atoms with Crippen molar-refractivity contribution in [1.29, 1.82) is 0 Å². The van der Waals surface area contributed by atoms with E-state index in [9.17, 15) is 0 Å². The lowest BCUT2D eigenvalue weighted by atomic mass is 10.2. The molecule has 0 aliphatic rings. The van der Waals surface area contributed by atoms with Gasteiger partial charge >= 0.3 is 0 Å². The van der Waals surface area contributed by atoms with Crippen LogP contribution in [0.1, 0.15) is 13.8 Å². The molecular weight excluding hydrogens is 272 g/mol. The zero-order valence-electron chi connectivity index (χ0n) is 9.61. The summed E-state index contributed by atoms with van der Waals surface area (Å²) in [6.07, 6.45) is 0. The normalized spacial score (nSPS) is 11.1. The van der Waals surface area contributed by atoms with Crippen molar-refractivity contribution in [3.05, 3.63) is 29.3 Å². The summed E-state index contributed by atoms with van der Waals surface area (Å²) in [4.78, 5) is 4.55. The molecule has 1 heterocycles. The fraction of sp³-hybridized carbons (Fsp3) is 0.250.